The highest BCUT2D eigenvalue weighted by Crippen LogP contribution is 2.26. The number of carbonyl (C=O) groups is 2. The molecule has 2 rings (SSSR count). The van der Waals surface area contributed by atoms with Gasteiger partial charge in [-0.25, -0.2) is 0 Å². The molecular weight excluding hydrogens is 378 g/mol. The minimum Gasteiger partial charge on any atom is -0.366 e. The molecule has 0 fully saturated rings. The highest BCUT2D eigenvalue weighted by atomic mass is 79.9. The fourth-order valence-corrected chi connectivity index (χ4v) is 2.57. The van der Waals surface area contributed by atoms with Gasteiger partial charge in [0, 0.05) is 30.8 Å². The van der Waals surface area contributed by atoms with Crippen molar-refractivity contribution in [3.05, 3.63) is 73.7 Å². The van der Waals surface area contributed by atoms with E-state index in [1.807, 2.05) is 0 Å². The first-order valence-electron chi connectivity index (χ1n) is 6.87. The predicted molar refractivity (Wildman–Crippen MR) is 91.6 cm³/mol. The van der Waals surface area contributed by atoms with Crippen LogP contribution in [0.25, 0.3) is 0 Å². The first-order valence-corrected chi connectivity index (χ1v) is 7.67. The number of amides is 2. The van der Waals surface area contributed by atoms with E-state index in [1.165, 1.54) is 23.1 Å². The first kappa shape index (κ1) is 17.6. The van der Waals surface area contributed by atoms with E-state index < -0.39 is 10.8 Å². The van der Waals surface area contributed by atoms with Gasteiger partial charge in [0.2, 0.25) is 5.91 Å². The third kappa shape index (κ3) is 3.96. The quantitative estimate of drug-likeness (QED) is 0.624. The molecule has 0 spiro atoms. The summed E-state index contributed by atoms with van der Waals surface area (Å²) in [6.45, 7) is 0.240. The molecule has 0 heterocycles. The summed E-state index contributed by atoms with van der Waals surface area (Å²) in [5.41, 5.74) is 6.35. The van der Waals surface area contributed by atoms with E-state index in [-0.39, 0.29) is 23.7 Å². The average Bonchev–Trinajstić information content (AvgIpc) is 2.54. The van der Waals surface area contributed by atoms with Crippen molar-refractivity contribution in [2.75, 3.05) is 7.05 Å². The number of benzene rings is 2. The zero-order valence-electron chi connectivity index (χ0n) is 12.7. The summed E-state index contributed by atoms with van der Waals surface area (Å²) < 4.78 is 0.306. The molecule has 2 N–H and O–H groups in total. The number of nitrogens with two attached hydrogens (primary N) is 1. The van der Waals surface area contributed by atoms with E-state index in [0.717, 1.165) is 5.56 Å². The van der Waals surface area contributed by atoms with Crippen LogP contribution in [0, 0.1) is 10.1 Å². The van der Waals surface area contributed by atoms with Crippen molar-refractivity contribution in [1.82, 2.24) is 4.90 Å². The van der Waals surface area contributed by atoms with E-state index in [9.17, 15) is 19.7 Å². The Morgan fingerprint density at radius 3 is 2.54 bits per heavy atom. The molecule has 2 amide bonds. The molecule has 0 unspecified atom stereocenters. The maximum atomic E-state index is 12.5. The second-order valence-corrected chi connectivity index (χ2v) is 6.00. The highest BCUT2D eigenvalue weighted by molar-refractivity contribution is 9.10. The Balaban J connectivity index is 2.21. The van der Waals surface area contributed by atoms with Crippen molar-refractivity contribution in [3.63, 3.8) is 0 Å². The third-order valence-corrected chi connectivity index (χ3v) is 4.04. The summed E-state index contributed by atoms with van der Waals surface area (Å²) in [7, 11) is 1.58. The van der Waals surface area contributed by atoms with Crippen LogP contribution in [0.15, 0.2) is 46.9 Å². The molecule has 7 nitrogen and oxygen atoms in total. The van der Waals surface area contributed by atoms with Gasteiger partial charge in [0.05, 0.1) is 9.40 Å². The maximum Gasteiger partial charge on any atom is 0.284 e. The lowest BCUT2D eigenvalue weighted by molar-refractivity contribution is -0.385. The molecule has 0 aromatic heterocycles. The number of nitro benzene ring substituents is 1. The van der Waals surface area contributed by atoms with Crippen molar-refractivity contribution in [2.45, 2.75) is 6.54 Å². The van der Waals surface area contributed by atoms with Crippen LogP contribution in [0.5, 0.6) is 0 Å². The number of hydrogen-bond acceptors (Lipinski definition) is 4. The fourth-order valence-electron chi connectivity index (χ4n) is 2.17. The number of rotatable bonds is 5. The van der Waals surface area contributed by atoms with Gasteiger partial charge in [0.1, 0.15) is 0 Å². The minimum atomic E-state index is -0.558. The van der Waals surface area contributed by atoms with Gasteiger partial charge in [-0.15, -0.1) is 0 Å². The molecule has 0 radical (unpaired) electrons. The van der Waals surface area contributed by atoms with Gasteiger partial charge < -0.3 is 10.6 Å². The van der Waals surface area contributed by atoms with Crippen LogP contribution in [0.1, 0.15) is 26.3 Å². The van der Waals surface area contributed by atoms with Crippen LogP contribution in [0.3, 0.4) is 0 Å². The van der Waals surface area contributed by atoms with Crippen LogP contribution in [-0.4, -0.2) is 28.7 Å². The van der Waals surface area contributed by atoms with Gasteiger partial charge in [-0.05, 0) is 45.8 Å². The van der Waals surface area contributed by atoms with Gasteiger partial charge in [0.25, 0.3) is 11.6 Å². The molecule has 0 saturated carbocycles. The standard InChI is InChI=1S/C16H14BrN3O4/c1-19(9-10-3-2-4-11(7-10)15(18)21)16(22)12-5-6-13(17)14(8-12)20(23)24/h2-8H,9H2,1H3,(H2,18,21). The van der Waals surface area contributed by atoms with Gasteiger partial charge in [-0.1, -0.05) is 12.1 Å². The smallest absolute Gasteiger partial charge is 0.284 e. The molecule has 0 aliphatic rings. The Kier molecular flexibility index (Phi) is 5.30. The summed E-state index contributed by atoms with van der Waals surface area (Å²) in [6, 6.07) is 10.8. The molecular formula is C16H14BrN3O4. The summed E-state index contributed by atoms with van der Waals surface area (Å²) in [5.74, 6) is -0.913. The second-order valence-electron chi connectivity index (χ2n) is 5.15. The predicted octanol–water partition coefficient (Wildman–Crippen LogP) is 2.73. The van der Waals surface area contributed by atoms with E-state index in [4.69, 9.17) is 5.73 Å². The topological polar surface area (TPSA) is 107 Å². The van der Waals surface area contributed by atoms with Crippen molar-refractivity contribution >= 4 is 33.4 Å². The molecule has 24 heavy (non-hydrogen) atoms. The normalized spacial score (nSPS) is 10.2. The van der Waals surface area contributed by atoms with Crippen LogP contribution in [0.4, 0.5) is 5.69 Å². The SMILES string of the molecule is CN(Cc1cccc(C(N)=O)c1)C(=O)c1ccc(Br)c([N+](=O)[O-])c1. The number of nitrogens with zero attached hydrogens (tertiary/aromatic N) is 2. The van der Waals surface area contributed by atoms with Crippen molar-refractivity contribution < 1.29 is 14.5 Å². The lowest BCUT2D eigenvalue weighted by atomic mass is 10.1. The zero-order chi connectivity index (χ0) is 17.9. The maximum absolute atomic E-state index is 12.5. The van der Waals surface area contributed by atoms with E-state index in [0.29, 0.717) is 10.0 Å². The lowest BCUT2D eigenvalue weighted by Crippen LogP contribution is -2.26. The number of primary amides is 1. The van der Waals surface area contributed by atoms with Crippen LogP contribution >= 0.6 is 15.9 Å². The van der Waals surface area contributed by atoms with Gasteiger partial charge in [0.15, 0.2) is 0 Å². The monoisotopic (exact) mass is 391 g/mol. The number of carbonyl (C=O) groups excluding carboxylic acids is 2. The molecule has 0 aliphatic carbocycles. The Morgan fingerprint density at radius 1 is 1.21 bits per heavy atom. The van der Waals surface area contributed by atoms with Crippen LogP contribution in [0.2, 0.25) is 0 Å². The second kappa shape index (κ2) is 7.22. The zero-order valence-corrected chi connectivity index (χ0v) is 14.3. The molecule has 0 saturated heterocycles. The Hall–Kier alpha value is -2.74. The molecule has 0 aliphatic heterocycles. The molecule has 124 valence electrons. The Morgan fingerprint density at radius 2 is 1.92 bits per heavy atom. The molecule has 2 aromatic rings. The number of hydrogen-bond donors (Lipinski definition) is 1. The van der Waals surface area contributed by atoms with Gasteiger partial charge in [-0.2, -0.15) is 0 Å². The first-order chi connectivity index (χ1) is 11.3. The van der Waals surface area contributed by atoms with Crippen molar-refractivity contribution in [3.8, 4) is 0 Å². The molecule has 8 heteroatoms. The van der Waals surface area contributed by atoms with E-state index >= 15 is 0 Å². The largest absolute Gasteiger partial charge is 0.366 e. The molecule has 2 aromatic carbocycles. The Bertz CT molecular complexity index is 823. The van der Waals surface area contributed by atoms with Crippen molar-refractivity contribution in [1.29, 1.82) is 0 Å². The van der Waals surface area contributed by atoms with E-state index in [1.54, 1.807) is 31.3 Å². The van der Waals surface area contributed by atoms with Gasteiger partial charge in [-0.3, -0.25) is 19.7 Å². The third-order valence-electron chi connectivity index (χ3n) is 3.37. The van der Waals surface area contributed by atoms with E-state index in [2.05, 4.69) is 15.9 Å². The van der Waals surface area contributed by atoms with Gasteiger partial charge >= 0.3 is 0 Å². The van der Waals surface area contributed by atoms with Crippen LogP contribution in [-0.2, 0) is 6.54 Å². The number of nitro groups is 1. The summed E-state index contributed by atoms with van der Waals surface area (Å²) in [6.07, 6.45) is 0. The molecule has 0 bridgehead atoms. The summed E-state index contributed by atoms with van der Waals surface area (Å²) in [5, 5.41) is 11.0. The highest BCUT2D eigenvalue weighted by Gasteiger charge is 2.18. The average molecular weight is 392 g/mol. The van der Waals surface area contributed by atoms with Crippen molar-refractivity contribution in [2.24, 2.45) is 5.73 Å². The minimum absolute atomic E-state index is 0.176. The summed E-state index contributed by atoms with van der Waals surface area (Å²) in [4.78, 5) is 35.5. The molecule has 0 atom stereocenters. The summed E-state index contributed by atoms with van der Waals surface area (Å²) >= 11 is 3.08. The lowest BCUT2D eigenvalue weighted by Gasteiger charge is -2.17. The van der Waals surface area contributed by atoms with Crippen LogP contribution < -0.4 is 5.73 Å². The number of halogens is 1. The Labute approximate surface area is 146 Å². The fraction of sp³-hybridized carbons (Fsp3) is 0.125.